The molecule has 1 fully saturated rings. The molecule has 0 aromatic heterocycles. The number of rotatable bonds is 6. The molecule has 5 nitrogen and oxygen atoms in total. The van der Waals surface area contributed by atoms with Gasteiger partial charge in [-0.2, -0.15) is 0 Å². The molecule has 1 aliphatic carbocycles. The fourth-order valence-electron chi connectivity index (χ4n) is 2.28. The number of aliphatic hydroxyl groups is 1. The smallest absolute Gasteiger partial charge is 0.311 e. The van der Waals surface area contributed by atoms with E-state index in [1.807, 2.05) is 20.8 Å². The SMILES string of the molecule is COCO[C@@H]1C[C@H](CO)[C@@H](COC(=O)C(C)(C)C)C1. The van der Waals surface area contributed by atoms with Crippen molar-refractivity contribution < 1.29 is 24.1 Å². The summed E-state index contributed by atoms with van der Waals surface area (Å²) in [6.45, 7) is 6.21. The van der Waals surface area contributed by atoms with E-state index in [1.165, 1.54) is 0 Å². The second kappa shape index (κ2) is 7.22. The summed E-state index contributed by atoms with van der Waals surface area (Å²) >= 11 is 0. The monoisotopic (exact) mass is 274 g/mol. The Kier molecular flexibility index (Phi) is 6.23. The summed E-state index contributed by atoms with van der Waals surface area (Å²) in [5.41, 5.74) is -0.487. The highest BCUT2D eigenvalue weighted by molar-refractivity contribution is 5.75. The molecule has 0 aromatic rings. The quantitative estimate of drug-likeness (QED) is 0.588. The molecule has 1 aliphatic rings. The van der Waals surface area contributed by atoms with Crippen LogP contribution in [0.25, 0.3) is 0 Å². The molecule has 1 N–H and O–H groups in total. The van der Waals surface area contributed by atoms with Crippen LogP contribution in [-0.4, -0.2) is 44.3 Å². The Morgan fingerprint density at radius 3 is 2.42 bits per heavy atom. The Morgan fingerprint density at radius 1 is 1.26 bits per heavy atom. The molecule has 5 heteroatoms. The van der Waals surface area contributed by atoms with Gasteiger partial charge in [-0.3, -0.25) is 4.79 Å². The van der Waals surface area contributed by atoms with Gasteiger partial charge < -0.3 is 19.3 Å². The first-order chi connectivity index (χ1) is 8.88. The van der Waals surface area contributed by atoms with E-state index >= 15 is 0 Å². The maximum absolute atomic E-state index is 11.7. The standard InChI is InChI=1S/C14H26O5/c1-14(2,3)13(16)18-8-11-6-12(19-9-17-4)5-10(11)7-15/h10-12,15H,5-9H2,1-4H3/t10-,11-,12-/m1/s1. The number of esters is 1. The lowest BCUT2D eigenvalue weighted by molar-refractivity contribution is -0.155. The fourth-order valence-corrected chi connectivity index (χ4v) is 2.28. The molecular weight excluding hydrogens is 248 g/mol. The number of aliphatic hydroxyl groups excluding tert-OH is 1. The second-order valence-corrected chi connectivity index (χ2v) is 6.22. The predicted molar refractivity (Wildman–Crippen MR) is 70.5 cm³/mol. The van der Waals surface area contributed by atoms with Crippen molar-refractivity contribution in [2.45, 2.75) is 39.7 Å². The zero-order valence-electron chi connectivity index (χ0n) is 12.3. The van der Waals surface area contributed by atoms with Crippen molar-refractivity contribution in [3.05, 3.63) is 0 Å². The molecule has 1 saturated carbocycles. The first-order valence-corrected chi connectivity index (χ1v) is 6.77. The highest BCUT2D eigenvalue weighted by atomic mass is 16.7. The van der Waals surface area contributed by atoms with E-state index in [9.17, 15) is 9.90 Å². The van der Waals surface area contributed by atoms with Gasteiger partial charge in [0, 0.05) is 19.6 Å². The molecule has 0 bridgehead atoms. The summed E-state index contributed by atoms with van der Waals surface area (Å²) in [4.78, 5) is 11.7. The van der Waals surface area contributed by atoms with Gasteiger partial charge in [-0.15, -0.1) is 0 Å². The van der Waals surface area contributed by atoms with Gasteiger partial charge in [0.2, 0.25) is 0 Å². The molecular formula is C14H26O5. The van der Waals surface area contributed by atoms with Crippen LogP contribution >= 0.6 is 0 Å². The van der Waals surface area contributed by atoms with Crippen LogP contribution in [0.3, 0.4) is 0 Å². The molecule has 0 heterocycles. The molecule has 1 rings (SSSR count). The summed E-state index contributed by atoms with van der Waals surface area (Å²) in [6, 6.07) is 0. The van der Waals surface area contributed by atoms with Gasteiger partial charge in [0.25, 0.3) is 0 Å². The van der Waals surface area contributed by atoms with Crippen molar-refractivity contribution in [1.29, 1.82) is 0 Å². The average molecular weight is 274 g/mol. The van der Waals surface area contributed by atoms with Crippen molar-refractivity contribution in [1.82, 2.24) is 0 Å². The van der Waals surface area contributed by atoms with Gasteiger partial charge in [-0.25, -0.2) is 0 Å². The molecule has 0 amide bonds. The summed E-state index contributed by atoms with van der Waals surface area (Å²) in [5.74, 6) is 0.0956. The fraction of sp³-hybridized carbons (Fsp3) is 0.929. The first-order valence-electron chi connectivity index (χ1n) is 6.77. The van der Waals surface area contributed by atoms with Crippen molar-refractivity contribution in [3.8, 4) is 0 Å². The highest BCUT2D eigenvalue weighted by Crippen LogP contribution is 2.34. The minimum absolute atomic E-state index is 0.0791. The largest absolute Gasteiger partial charge is 0.465 e. The zero-order valence-corrected chi connectivity index (χ0v) is 12.3. The van der Waals surface area contributed by atoms with Gasteiger partial charge in [0.15, 0.2) is 0 Å². The highest BCUT2D eigenvalue weighted by Gasteiger charge is 2.36. The minimum atomic E-state index is -0.487. The molecule has 0 saturated heterocycles. The van der Waals surface area contributed by atoms with Crippen LogP contribution in [0.2, 0.25) is 0 Å². The van der Waals surface area contributed by atoms with Crippen molar-refractivity contribution >= 4 is 5.97 Å². The van der Waals surface area contributed by atoms with E-state index in [0.717, 1.165) is 12.8 Å². The lowest BCUT2D eigenvalue weighted by Gasteiger charge is -2.21. The van der Waals surface area contributed by atoms with E-state index < -0.39 is 5.41 Å². The Labute approximate surface area is 115 Å². The molecule has 0 radical (unpaired) electrons. The summed E-state index contributed by atoms with van der Waals surface area (Å²) in [6.07, 6.45) is 1.67. The zero-order chi connectivity index (χ0) is 14.5. The Hall–Kier alpha value is -0.650. The van der Waals surface area contributed by atoms with E-state index in [-0.39, 0.29) is 37.3 Å². The third kappa shape index (κ3) is 5.09. The third-order valence-corrected chi connectivity index (χ3v) is 3.49. The average Bonchev–Trinajstić information content (AvgIpc) is 2.74. The minimum Gasteiger partial charge on any atom is -0.465 e. The normalized spacial score (nSPS) is 27.5. The molecule has 0 unspecified atom stereocenters. The maximum atomic E-state index is 11.7. The molecule has 0 spiro atoms. The molecule has 0 aromatic carbocycles. The van der Waals surface area contributed by atoms with E-state index in [1.54, 1.807) is 7.11 Å². The first kappa shape index (κ1) is 16.4. The number of methoxy groups -OCH3 is 1. The van der Waals surface area contributed by atoms with E-state index in [4.69, 9.17) is 14.2 Å². The lowest BCUT2D eigenvalue weighted by Crippen LogP contribution is -2.27. The van der Waals surface area contributed by atoms with E-state index in [0.29, 0.717) is 6.61 Å². The molecule has 19 heavy (non-hydrogen) atoms. The van der Waals surface area contributed by atoms with Crippen LogP contribution in [0.15, 0.2) is 0 Å². The van der Waals surface area contributed by atoms with Crippen LogP contribution in [0.5, 0.6) is 0 Å². The van der Waals surface area contributed by atoms with Gasteiger partial charge in [0.1, 0.15) is 6.79 Å². The van der Waals surface area contributed by atoms with Crippen LogP contribution in [0.4, 0.5) is 0 Å². The van der Waals surface area contributed by atoms with Crippen molar-refractivity contribution in [3.63, 3.8) is 0 Å². The number of hydrogen-bond donors (Lipinski definition) is 1. The van der Waals surface area contributed by atoms with E-state index in [2.05, 4.69) is 0 Å². The van der Waals surface area contributed by atoms with Gasteiger partial charge in [-0.05, 0) is 39.5 Å². The molecule has 3 atom stereocenters. The number of ether oxygens (including phenoxy) is 3. The van der Waals surface area contributed by atoms with Crippen LogP contribution in [0.1, 0.15) is 33.6 Å². The second-order valence-electron chi connectivity index (χ2n) is 6.22. The Bertz CT molecular complexity index is 284. The number of carbonyl (C=O) groups is 1. The van der Waals surface area contributed by atoms with Crippen LogP contribution in [-0.2, 0) is 19.0 Å². The maximum Gasteiger partial charge on any atom is 0.311 e. The Balaban J connectivity index is 2.41. The van der Waals surface area contributed by atoms with Crippen LogP contribution < -0.4 is 0 Å². The number of carbonyl (C=O) groups excluding carboxylic acids is 1. The van der Waals surface area contributed by atoms with Crippen LogP contribution in [0, 0.1) is 17.3 Å². The summed E-state index contributed by atoms with van der Waals surface area (Å²) in [5, 5.41) is 9.38. The summed E-state index contributed by atoms with van der Waals surface area (Å²) < 4.78 is 15.7. The molecule has 0 aliphatic heterocycles. The molecule has 112 valence electrons. The van der Waals surface area contributed by atoms with Gasteiger partial charge >= 0.3 is 5.97 Å². The van der Waals surface area contributed by atoms with Gasteiger partial charge in [0.05, 0.1) is 18.1 Å². The van der Waals surface area contributed by atoms with Crippen molar-refractivity contribution in [2.75, 3.05) is 27.1 Å². The number of hydrogen-bond acceptors (Lipinski definition) is 5. The lowest BCUT2D eigenvalue weighted by atomic mass is 9.96. The Morgan fingerprint density at radius 2 is 1.89 bits per heavy atom. The van der Waals surface area contributed by atoms with Crippen molar-refractivity contribution in [2.24, 2.45) is 17.3 Å². The summed E-state index contributed by atoms with van der Waals surface area (Å²) in [7, 11) is 1.58. The third-order valence-electron chi connectivity index (χ3n) is 3.49. The topological polar surface area (TPSA) is 65.0 Å². The van der Waals surface area contributed by atoms with Gasteiger partial charge in [-0.1, -0.05) is 0 Å². The predicted octanol–water partition coefficient (Wildman–Crippen LogP) is 1.58.